The van der Waals surface area contributed by atoms with Gasteiger partial charge in [-0.3, -0.25) is 10.1 Å². The van der Waals surface area contributed by atoms with E-state index in [9.17, 15) is 15.2 Å². The van der Waals surface area contributed by atoms with Crippen LogP contribution in [0.15, 0.2) is 12.3 Å². The SMILES string of the molecule is CC1(O)CCN(c2ncc(Cl)cc2[N+](=O)[O-])C1. The molecule has 1 N–H and O–H groups in total. The molecule has 1 aliphatic rings. The van der Waals surface area contributed by atoms with E-state index in [2.05, 4.69) is 4.98 Å². The molecule has 0 bridgehead atoms. The van der Waals surface area contributed by atoms with Gasteiger partial charge in [-0.05, 0) is 13.3 Å². The van der Waals surface area contributed by atoms with Gasteiger partial charge in [-0.2, -0.15) is 0 Å². The van der Waals surface area contributed by atoms with Crippen LogP contribution in [0.1, 0.15) is 13.3 Å². The van der Waals surface area contributed by atoms with Gasteiger partial charge >= 0.3 is 5.69 Å². The molecule has 0 saturated carbocycles. The highest BCUT2D eigenvalue weighted by Crippen LogP contribution is 2.32. The predicted molar refractivity (Wildman–Crippen MR) is 63.4 cm³/mol. The minimum Gasteiger partial charge on any atom is -0.388 e. The fourth-order valence-corrected chi connectivity index (χ4v) is 2.08. The highest BCUT2D eigenvalue weighted by molar-refractivity contribution is 6.30. The summed E-state index contributed by atoms with van der Waals surface area (Å²) in [5.41, 5.74) is -0.954. The lowest BCUT2D eigenvalue weighted by Gasteiger charge is -2.19. The van der Waals surface area contributed by atoms with Crippen molar-refractivity contribution in [3.05, 3.63) is 27.4 Å². The summed E-state index contributed by atoms with van der Waals surface area (Å²) in [6.45, 7) is 2.58. The summed E-state index contributed by atoms with van der Waals surface area (Å²) in [6, 6.07) is 1.27. The number of rotatable bonds is 2. The second kappa shape index (κ2) is 4.12. The average molecular weight is 258 g/mol. The van der Waals surface area contributed by atoms with E-state index in [1.165, 1.54) is 12.3 Å². The maximum absolute atomic E-state index is 10.9. The molecule has 2 heterocycles. The lowest BCUT2D eigenvalue weighted by Crippen LogP contribution is -2.30. The Hall–Kier alpha value is -1.40. The fourth-order valence-electron chi connectivity index (χ4n) is 1.93. The second-order valence-corrected chi connectivity index (χ2v) is 4.86. The third-order valence-electron chi connectivity index (χ3n) is 2.76. The molecule has 1 atom stereocenters. The molecule has 1 fully saturated rings. The van der Waals surface area contributed by atoms with Gasteiger partial charge in [0.25, 0.3) is 0 Å². The molecule has 1 aromatic heterocycles. The van der Waals surface area contributed by atoms with E-state index in [1.807, 2.05) is 0 Å². The summed E-state index contributed by atoms with van der Waals surface area (Å²) in [4.78, 5) is 16.1. The number of hydrogen-bond acceptors (Lipinski definition) is 5. The highest BCUT2D eigenvalue weighted by Gasteiger charge is 2.35. The monoisotopic (exact) mass is 257 g/mol. The number of halogens is 1. The van der Waals surface area contributed by atoms with Gasteiger partial charge in [0.1, 0.15) is 0 Å². The van der Waals surface area contributed by atoms with Crippen LogP contribution >= 0.6 is 11.6 Å². The number of aromatic nitrogens is 1. The first-order valence-electron chi connectivity index (χ1n) is 5.16. The number of anilines is 1. The van der Waals surface area contributed by atoms with Gasteiger partial charge in [-0.25, -0.2) is 4.98 Å². The first kappa shape index (κ1) is 12.1. The molecule has 0 spiro atoms. The van der Waals surface area contributed by atoms with Gasteiger partial charge < -0.3 is 10.0 Å². The van der Waals surface area contributed by atoms with Gasteiger partial charge in [0.15, 0.2) is 0 Å². The second-order valence-electron chi connectivity index (χ2n) is 4.42. The van der Waals surface area contributed by atoms with Crippen LogP contribution in [0.3, 0.4) is 0 Å². The van der Waals surface area contributed by atoms with E-state index in [-0.39, 0.29) is 16.5 Å². The van der Waals surface area contributed by atoms with Crippen LogP contribution in [0.25, 0.3) is 0 Å². The topological polar surface area (TPSA) is 79.5 Å². The predicted octanol–water partition coefficient (Wildman–Crippen LogP) is 1.60. The zero-order valence-corrected chi connectivity index (χ0v) is 10.0. The molecule has 2 rings (SSSR count). The van der Waals surface area contributed by atoms with Crippen LogP contribution in [0.2, 0.25) is 5.02 Å². The van der Waals surface area contributed by atoms with Gasteiger partial charge in [-0.15, -0.1) is 0 Å². The maximum atomic E-state index is 10.9. The van der Waals surface area contributed by atoms with Crippen LogP contribution in [0.5, 0.6) is 0 Å². The number of β-amino-alcohol motifs (C(OH)–C–C–N with tert-alkyl or cyclic N) is 1. The smallest absolute Gasteiger partial charge is 0.313 e. The van der Waals surface area contributed by atoms with Crippen LogP contribution < -0.4 is 4.90 Å². The number of pyridine rings is 1. The molecular formula is C10H12ClN3O3. The van der Waals surface area contributed by atoms with Crippen LogP contribution in [0.4, 0.5) is 11.5 Å². The van der Waals surface area contributed by atoms with Crippen molar-refractivity contribution in [2.45, 2.75) is 18.9 Å². The Labute approximate surface area is 103 Å². The lowest BCUT2D eigenvalue weighted by atomic mass is 10.1. The van der Waals surface area contributed by atoms with E-state index < -0.39 is 10.5 Å². The van der Waals surface area contributed by atoms with Gasteiger partial charge in [0.2, 0.25) is 5.82 Å². The third kappa shape index (κ3) is 2.48. The number of nitro groups is 1. The summed E-state index contributed by atoms with van der Waals surface area (Å²) >= 11 is 5.69. The van der Waals surface area contributed by atoms with E-state index in [0.29, 0.717) is 19.5 Å². The van der Waals surface area contributed by atoms with Crippen molar-refractivity contribution in [1.29, 1.82) is 0 Å². The number of hydrogen-bond donors (Lipinski definition) is 1. The molecule has 1 aliphatic heterocycles. The van der Waals surface area contributed by atoms with Crippen molar-refractivity contribution in [1.82, 2.24) is 4.98 Å². The van der Waals surface area contributed by atoms with Crippen LogP contribution in [0, 0.1) is 10.1 Å². The molecule has 1 saturated heterocycles. The zero-order chi connectivity index (χ0) is 12.6. The Morgan fingerprint density at radius 3 is 2.94 bits per heavy atom. The number of nitrogens with zero attached hydrogens (tertiary/aromatic N) is 3. The van der Waals surface area contributed by atoms with Crippen molar-refractivity contribution < 1.29 is 10.0 Å². The Bertz CT molecular complexity index is 464. The quantitative estimate of drug-likeness (QED) is 0.643. The molecule has 0 amide bonds. The molecule has 1 aromatic rings. The molecule has 17 heavy (non-hydrogen) atoms. The molecule has 0 radical (unpaired) electrons. The Morgan fingerprint density at radius 1 is 1.71 bits per heavy atom. The first-order valence-corrected chi connectivity index (χ1v) is 5.54. The zero-order valence-electron chi connectivity index (χ0n) is 9.26. The summed E-state index contributed by atoms with van der Waals surface area (Å²) < 4.78 is 0. The van der Waals surface area contributed by atoms with Crippen molar-refractivity contribution >= 4 is 23.1 Å². The Balaban J connectivity index is 2.36. The molecular weight excluding hydrogens is 246 g/mol. The van der Waals surface area contributed by atoms with Gasteiger partial charge in [0.05, 0.1) is 15.5 Å². The minimum absolute atomic E-state index is 0.129. The van der Waals surface area contributed by atoms with Gasteiger partial charge in [-0.1, -0.05) is 11.6 Å². The van der Waals surface area contributed by atoms with Crippen molar-refractivity contribution in [2.24, 2.45) is 0 Å². The van der Waals surface area contributed by atoms with E-state index in [0.717, 1.165) is 0 Å². The third-order valence-corrected chi connectivity index (χ3v) is 2.97. The van der Waals surface area contributed by atoms with Crippen molar-refractivity contribution in [3.8, 4) is 0 Å². The van der Waals surface area contributed by atoms with E-state index in [1.54, 1.807) is 11.8 Å². The number of aliphatic hydroxyl groups is 1. The minimum atomic E-state index is -0.824. The molecule has 7 heteroatoms. The summed E-state index contributed by atoms with van der Waals surface area (Å²) in [5.74, 6) is 0.261. The average Bonchev–Trinajstić information content (AvgIpc) is 2.58. The summed E-state index contributed by atoms with van der Waals surface area (Å²) in [7, 11) is 0. The van der Waals surface area contributed by atoms with E-state index >= 15 is 0 Å². The maximum Gasteiger partial charge on any atom is 0.313 e. The van der Waals surface area contributed by atoms with Crippen LogP contribution in [-0.2, 0) is 0 Å². The molecule has 0 aliphatic carbocycles. The molecule has 0 aromatic carbocycles. The summed E-state index contributed by atoms with van der Waals surface area (Å²) in [5, 5.41) is 21.0. The standard InChI is InChI=1S/C10H12ClN3O3/c1-10(15)2-3-13(6-10)9-8(14(16)17)4-7(11)5-12-9/h4-5,15H,2-3,6H2,1H3. The normalized spacial score (nSPS) is 24.1. The largest absolute Gasteiger partial charge is 0.388 e. The molecule has 92 valence electrons. The van der Waals surface area contributed by atoms with Crippen molar-refractivity contribution in [3.63, 3.8) is 0 Å². The van der Waals surface area contributed by atoms with Gasteiger partial charge in [0, 0.05) is 25.4 Å². The highest BCUT2D eigenvalue weighted by atomic mass is 35.5. The fraction of sp³-hybridized carbons (Fsp3) is 0.500. The lowest BCUT2D eigenvalue weighted by molar-refractivity contribution is -0.384. The first-order chi connectivity index (χ1) is 7.89. The van der Waals surface area contributed by atoms with Crippen LogP contribution in [-0.4, -0.2) is 33.7 Å². The Morgan fingerprint density at radius 2 is 2.41 bits per heavy atom. The Kier molecular flexibility index (Phi) is 2.92. The van der Waals surface area contributed by atoms with E-state index in [4.69, 9.17) is 11.6 Å². The van der Waals surface area contributed by atoms with Crippen molar-refractivity contribution in [2.75, 3.05) is 18.0 Å². The summed E-state index contributed by atoms with van der Waals surface area (Å²) in [6.07, 6.45) is 1.94. The molecule has 6 nitrogen and oxygen atoms in total. The molecule has 1 unspecified atom stereocenters.